The van der Waals surface area contributed by atoms with Gasteiger partial charge >= 0.3 is 5.97 Å². The molecule has 0 unspecified atom stereocenters. The van der Waals surface area contributed by atoms with Crippen LogP contribution in [0.25, 0.3) is 0 Å². The first-order valence-electron chi connectivity index (χ1n) is 6.82. The number of rotatable bonds is 5. The van der Waals surface area contributed by atoms with E-state index < -0.39 is 5.97 Å². The van der Waals surface area contributed by atoms with Crippen molar-refractivity contribution in [1.82, 2.24) is 20.4 Å². The van der Waals surface area contributed by atoms with E-state index >= 15 is 0 Å². The number of carboxylic acids is 1. The lowest BCUT2D eigenvalue weighted by atomic mass is 9.91. The van der Waals surface area contributed by atoms with Crippen molar-refractivity contribution in [1.29, 1.82) is 0 Å². The lowest BCUT2D eigenvalue weighted by molar-refractivity contribution is -0.138. The quantitative estimate of drug-likeness (QED) is 0.748. The molecule has 116 valence electrons. The molecular formula is C13H19ClN4O3. The van der Waals surface area contributed by atoms with Crippen LogP contribution in [0.2, 0.25) is 5.02 Å². The second-order valence-electron chi connectivity index (χ2n) is 5.67. The molecule has 3 N–H and O–H groups in total. The molecule has 1 amide bonds. The number of hydrogen-bond donors (Lipinski definition) is 3. The number of carboxylic acid groups (broad SMARTS) is 1. The van der Waals surface area contributed by atoms with E-state index in [0.717, 1.165) is 0 Å². The summed E-state index contributed by atoms with van der Waals surface area (Å²) >= 11 is 5.87. The number of nitrogens with one attached hydrogen (secondary N) is 2. The van der Waals surface area contributed by atoms with Gasteiger partial charge in [0.15, 0.2) is 0 Å². The molecule has 1 aliphatic heterocycles. The predicted octanol–water partition coefficient (Wildman–Crippen LogP) is 0.834. The zero-order chi connectivity index (χ0) is 15.6. The van der Waals surface area contributed by atoms with Crippen LogP contribution in [-0.4, -0.2) is 57.8 Å². The van der Waals surface area contributed by atoms with Gasteiger partial charge in [-0.25, -0.2) is 0 Å². The van der Waals surface area contributed by atoms with E-state index in [1.165, 1.54) is 6.20 Å². The van der Waals surface area contributed by atoms with Crippen LogP contribution in [-0.2, 0) is 4.79 Å². The third kappa shape index (κ3) is 3.74. The van der Waals surface area contributed by atoms with Crippen molar-refractivity contribution in [3.63, 3.8) is 0 Å². The van der Waals surface area contributed by atoms with Crippen LogP contribution in [0.5, 0.6) is 0 Å². The second kappa shape index (κ2) is 6.44. The maximum Gasteiger partial charge on any atom is 0.317 e. The van der Waals surface area contributed by atoms with Gasteiger partial charge in [0.25, 0.3) is 5.91 Å². The summed E-state index contributed by atoms with van der Waals surface area (Å²) in [5, 5.41) is 18.4. The fourth-order valence-corrected chi connectivity index (χ4v) is 2.91. The molecule has 1 aromatic heterocycles. The maximum atomic E-state index is 12.2. The van der Waals surface area contributed by atoms with Gasteiger partial charge in [0.05, 0.1) is 17.8 Å². The summed E-state index contributed by atoms with van der Waals surface area (Å²) in [5.41, 5.74) is 0.232. The Kier molecular flexibility index (Phi) is 4.84. The molecule has 0 spiro atoms. The molecule has 1 fully saturated rings. The Morgan fingerprint density at radius 2 is 2.29 bits per heavy atom. The van der Waals surface area contributed by atoms with Crippen molar-refractivity contribution < 1.29 is 14.7 Å². The molecule has 7 nitrogen and oxygen atoms in total. The molecule has 1 aliphatic rings. The number of likely N-dealkylation sites (tertiary alicyclic amines) is 1. The Labute approximate surface area is 127 Å². The minimum atomic E-state index is -0.860. The summed E-state index contributed by atoms with van der Waals surface area (Å²) in [6.45, 7) is 5.30. The monoisotopic (exact) mass is 314 g/mol. The Hall–Kier alpha value is -1.60. The van der Waals surface area contributed by atoms with Crippen LogP contribution in [0.3, 0.4) is 0 Å². The Morgan fingerprint density at radius 1 is 1.57 bits per heavy atom. The molecule has 2 rings (SSSR count). The van der Waals surface area contributed by atoms with Crippen LogP contribution < -0.4 is 5.32 Å². The largest absolute Gasteiger partial charge is 0.480 e. The number of carbonyl (C=O) groups excluding carboxylic acids is 1. The summed E-state index contributed by atoms with van der Waals surface area (Å²) in [5.74, 6) is -0.632. The third-order valence-electron chi connectivity index (χ3n) is 3.79. The van der Waals surface area contributed by atoms with E-state index in [1.54, 1.807) is 0 Å². The lowest BCUT2D eigenvalue weighted by Gasteiger charge is -2.22. The van der Waals surface area contributed by atoms with Gasteiger partial charge in [-0.15, -0.1) is 0 Å². The molecule has 1 saturated heterocycles. The number of aromatic nitrogens is 2. The van der Waals surface area contributed by atoms with E-state index in [1.807, 2.05) is 4.90 Å². The topological polar surface area (TPSA) is 98.3 Å². The van der Waals surface area contributed by atoms with Crippen LogP contribution in [0.4, 0.5) is 0 Å². The molecule has 0 radical (unpaired) electrons. The van der Waals surface area contributed by atoms with Crippen LogP contribution in [0, 0.1) is 11.8 Å². The van der Waals surface area contributed by atoms with Crippen molar-refractivity contribution in [3.8, 4) is 0 Å². The summed E-state index contributed by atoms with van der Waals surface area (Å²) in [6.07, 6.45) is 1.38. The van der Waals surface area contributed by atoms with E-state index in [2.05, 4.69) is 29.4 Å². The number of halogens is 1. The van der Waals surface area contributed by atoms with E-state index in [-0.39, 0.29) is 35.1 Å². The van der Waals surface area contributed by atoms with Crippen molar-refractivity contribution in [2.75, 3.05) is 19.6 Å². The van der Waals surface area contributed by atoms with Crippen LogP contribution in [0.1, 0.15) is 24.3 Å². The highest BCUT2D eigenvalue weighted by Crippen LogP contribution is 2.25. The highest BCUT2D eigenvalue weighted by Gasteiger charge is 2.36. The summed E-state index contributed by atoms with van der Waals surface area (Å²) < 4.78 is 0. The number of aliphatic carboxylic acids is 1. The van der Waals surface area contributed by atoms with Crippen molar-refractivity contribution in [2.45, 2.75) is 19.9 Å². The molecule has 2 heterocycles. The van der Waals surface area contributed by atoms with Gasteiger partial charge in [0.2, 0.25) is 0 Å². The van der Waals surface area contributed by atoms with E-state index in [4.69, 9.17) is 16.7 Å². The molecule has 0 aromatic carbocycles. The Bertz CT molecular complexity index is 531. The van der Waals surface area contributed by atoms with Gasteiger partial charge < -0.3 is 10.4 Å². The van der Waals surface area contributed by atoms with Gasteiger partial charge in [-0.1, -0.05) is 25.4 Å². The molecule has 0 bridgehead atoms. The highest BCUT2D eigenvalue weighted by atomic mass is 35.5. The number of H-pyrrole nitrogens is 1. The number of carbonyl (C=O) groups is 2. The molecule has 8 heteroatoms. The SMILES string of the molecule is CC(C)[C@H]1CN(CC(=O)O)C[C@@H]1NC(=O)c1[nH]ncc1Cl. The molecular weight excluding hydrogens is 296 g/mol. The third-order valence-corrected chi connectivity index (χ3v) is 4.08. The first-order chi connectivity index (χ1) is 9.88. The Morgan fingerprint density at radius 3 is 2.81 bits per heavy atom. The number of nitrogens with zero attached hydrogens (tertiary/aromatic N) is 2. The average Bonchev–Trinajstić information content (AvgIpc) is 2.95. The molecule has 21 heavy (non-hydrogen) atoms. The minimum Gasteiger partial charge on any atom is -0.480 e. The number of hydrogen-bond acceptors (Lipinski definition) is 4. The summed E-state index contributed by atoms with van der Waals surface area (Å²) in [6, 6.07) is -0.101. The predicted molar refractivity (Wildman–Crippen MR) is 77.3 cm³/mol. The fraction of sp³-hybridized carbons (Fsp3) is 0.615. The maximum absolute atomic E-state index is 12.2. The van der Waals surface area contributed by atoms with Gasteiger partial charge in [0.1, 0.15) is 5.69 Å². The normalized spacial score (nSPS) is 22.7. The van der Waals surface area contributed by atoms with Crippen molar-refractivity contribution in [3.05, 3.63) is 16.9 Å². The summed E-state index contributed by atoms with van der Waals surface area (Å²) in [4.78, 5) is 24.9. The van der Waals surface area contributed by atoms with Crippen LogP contribution >= 0.6 is 11.6 Å². The standard InChI is InChI=1S/C13H19ClN4O3/c1-7(2)8-4-18(6-11(19)20)5-10(8)16-13(21)12-9(14)3-15-17-12/h3,7-8,10H,4-6H2,1-2H3,(H,15,17)(H,16,21)(H,19,20)/t8-,10+/m1/s1. The van der Waals surface area contributed by atoms with E-state index in [0.29, 0.717) is 19.0 Å². The lowest BCUT2D eigenvalue weighted by Crippen LogP contribution is -2.42. The van der Waals surface area contributed by atoms with Gasteiger partial charge in [-0.3, -0.25) is 19.6 Å². The van der Waals surface area contributed by atoms with Crippen molar-refractivity contribution in [2.24, 2.45) is 11.8 Å². The second-order valence-corrected chi connectivity index (χ2v) is 6.08. The first kappa shape index (κ1) is 15.8. The minimum absolute atomic E-state index is 0.0135. The molecule has 0 aliphatic carbocycles. The van der Waals surface area contributed by atoms with Crippen molar-refractivity contribution >= 4 is 23.5 Å². The van der Waals surface area contributed by atoms with E-state index in [9.17, 15) is 9.59 Å². The zero-order valence-electron chi connectivity index (χ0n) is 12.0. The smallest absolute Gasteiger partial charge is 0.317 e. The number of amides is 1. The molecule has 1 aromatic rings. The Balaban J connectivity index is 2.04. The molecule has 2 atom stereocenters. The average molecular weight is 315 g/mol. The zero-order valence-corrected chi connectivity index (χ0v) is 12.7. The number of aromatic amines is 1. The first-order valence-corrected chi connectivity index (χ1v) is 7.20. The summed E-state index contributed by atoms with van der Waals surface area (Å²) in [7, 11) is 0. The van der Waals surface area contributed by atoms with Gasteiger partial charge in [0, 0.05) is 19.1 Å². The fourth-order valence-electron chi connectivity index (χ4n) is 2.73. The molecule has 0 saturated carbocycles. The van der Waals surface area contributed by atoms with Crippen LogP contribution in [0.15, 0.2) is 6.20 Å². The highest BCUT2D eigenvalue weighted by molar-refractivity contribution is 6.33. The van der Waals surface area contributed by atoms with Gasteiger partial charge in [-0.2, -0.15) is 5.10 Å². The van der Waals surface area contributed by atoms with Gasteiger partial charge in [-0.05, 0) is 11.8 Å².